The van der Waals surface area contributed by atoms with E-state index in [9.17, 15) is 19.2 Å². The summed E-state index contributed by atoms with van der Waals surface area (Å²) in [4.78, 5) is 49.8. The van der Waals surface area contributed by atoms with Gasteiger partial charge in [0.05, 0.1) is 11.3 Å². The lowest BCUT2D eigenvalue weighted by Gasteiger charge is -2.20. The smallest absolute Gasteiger partial charge is 0.172 e. The van der Waals surface area contributed by atoms with E-state index >= 15 is 0 Å². The van der Waals surface area contributed by atoms with Crippen molar-refractivity contribution in [2.75, 3.05) is 0 Å². The second-order valence-electron chi connectivity index (χ2n) is 5.93. The topological polar surface area (TPSA) is 68.3 Å². The van der Waals surface area contributed by atoms with E-state index in [1.165, 1.54) is 6.92 Å². The number of carbonyl (C=O) groups excluding carboxylic acids is 4. The molecular formula is C16H12O4. The van der Waals surface area contributed by atoms with Gasteiger partial charge < -0.3 is 0 Å². The molecule has 4 nitrogen and oxygen atoms in total. The van der Waals surface area contributed by atoms with E-state index < -0.39 is 16.7 Å². The SMILES string of the molecule is CC(=O)[C@@]12C(=O)CC[C@@]13C(=O)c1ccccc1C(=O)[C@H]23. The fourth-order valence-corrected chi connectivity index (χ4v) is 4.64. The van der Waals surface area contributed by atoms with Crippen molar-refractivity contribution >= 4 is 23.1 Å². The molecule has 0 N–H and O–H groups in total. The maximum atomic E-state index is 12.8. The van der Waals surface area contributed by atoms with E-state index in [1.54, 1.807) is 24.3 Å². The zero-order chi connectivity index (χ0) is 14.3. The molecule has 4 heteroatoms. The first kappa shape index (κ1) is 11.7. The first-order chi connectivity index (χ1) is 9.49. The highest BCUT2D eigenvalue weighted by atomic mass is 16.2. The average Bonchev–Trinajstić information content (AvgIpc) is 2.98. The molecule has 1 spiro atoms. The van der Waals surface area contributed by atoms with Crippen molar-refractivity contribution in [2.24, 2.45) is 16.7 Å². The molecule has 3 atom stereocenters. The number of fused-ring (bicyclic) bond motifs is 2. The number of Topliss-reactive ketones (excluding diaryl/α,β-unsaturated/α-hetero) is 4. The van der Waals surface area contributed by atoms with Gasteiger partial charge in [-0.15, -0.1) is 0 Å². The van der Waals surface area contributed by atoms with Crippen LogP contribution in [0.3, 0.4) is 0 Å². The molecule has 0 radical (unpaired) electrons. The number of ketones is 4. The van der Waals surface area contributed by atoms with Gasteiger partial charge in [0.2, 0.25) is 0 Å². The lowest BCUT2D eigenvalue weighted by Crippen LogP contribution is -2.29. The van der Waals surface area contributed by atoms with Gasteiger partial charge in [0.25, 0.3) is 0 Å². The van der Waals surface area contributed by atoms with Crippen molar-refractivity contribution in [1.29, 1.82) is 0 Å². The number of hydrogen-bond acceptors (Lipinski definition) is 4. The van der Waals surface area contributed by atoms with Gasteiger partial charge in [0.15, 0.2) is 11.6 Å². The maximum absolute atomic E-state index is 12.8. The Hall–Kier alpha value is -2.10. The van der Waals surface area contributed by atoms with Crippen LogP contribution in [0.4, 0.5) is 0 Å². The van der Waals surface area contributed by atoms with E-state index in [4.69, 9.17) is 0 Å². The Morgan fingerprint density at radius 3 is 2.45 bits per heavy atom. The molecule has 100 valence electrons. The standard InChI is InChI=1S/C16H12O4/c1-8(17)16-11(18)6-7-15(16)13(16)12(19)9-4-2-3-5-10(9)14(15)20/h2-5,13H,6-7H2,1H3/t13-,15+,16-/m0/s1. The molecule has 0 aliphatic heterocycles. The molecule has 0 unspecified atom stereocenters. The highest BCUT2D eigenvalue weighted by Gasteiger charge is 2.91. The minimum absolute atomic E-state index is 0.196. The van der Waals surface area contributed by atoms with Crippen molar-refractivity contribution in [2.45, 2.75) is 19.8 Å². The Bertz CT molecular complexity index is 732. The Morgan fingerprint density at radius 1 is 1.15 bits per heavy atom. The molecule has 4 rings (SSSR count). The third-order valence-electron chi connectivity index (χ3n) is 5.39. The van der Waals surface area contributed by atoms with Crippen molar-refractivity contribution < 1.29 is 19.2 Å². The lowest BCUT2D eigenvalue weighted by molar-refractivity contribution is -0.133. The summed E-state index contributed by atoms with van der Waals surface area (Å²) in [5, 5.41) is 0. The summed E-state index contributed by atoms with van der Waals surface area (Å²) < 4.78 is 0. The van der Waals surface area contributed by atoms with Crippen LogP contribution in [0.15, 0.2) is 24.3 Å². The van der Waals surface area contributed by atoms with E-state index in [0.29, 0.717) is 17.5 Å². The maximum Gasteiger partial charge on any atom is 0.172 e. The highest BCUT2D eigenvalue weighted by Crippen LogP contribution is 2.79. The third kappa shape index (κ3) is 0.865. The van der Waals surface area contributed by atoms with Crippen LogP contribution in [0.2, 0.25) is 0 Å². The van der Waals surface area contributed by atoms with E-state index in [0.717, 1.165) is 0 Å². The van der Waals surface area contributed by atoms with Gasteiger partial charge in [0.1, 0.15) is 17.0 Å². The number of benzene rings is 1. The summed E-state index contributed by atoms with van der Waals surface area (Å²) in [6, 6.07) is 6.62. The van der Waals surface area contributed by atoms with Crippen molar-refractivity contribution in [3.8, 4) is 0 Å². The minimum atomic E-state index is -1.36. The molecule has 0 bridgehead atoms. The van der Waals surface area contributed by atoms with E-state index in [1.807, 2.05) is 0 Å². The van der Waals surface area contributed by atoms with Gasteiger partial charge in [-0.05, 0) is 13.3 Å². The summed E-state index contributed by atoms with van der Waals surface area (Å²) in [7, 11) is 0. The lowest BCUT2D eigenvalue weighted by atomic mass is 9.79. The Labute approximate surface area is 115 Å². The average molecular weight is 268 g/mol. The van der Waals surface area contributed by atoms with Gasteiger partial charge in [-0.2, -0.15) is 0 Å². The predicted molar refractivity (Wildman–Crippen MR) is 68.4 cm³/mol. The Balaban J connectivity index is 2.02. The van der Waals surface area contributed by atoms with Crippen LogP contribution in [0.25, 0.3) is 0 Å². The molecule has 2 saturated carbocycles. The molecule has 0 saturated heterocycles. The van der Waals surface area contributed by atoms with Gasteiger partial charge in [0, 0.05) is 17.5 Å². The second kappa shape index (κ2) is 3.14. The van der Waals surface area contributed by atoms with E-state index in [-0.39, 0.29) is 29.6 Å². The molecule has 20 heavy (non-hydrogen) atoms. The van der Waals surface area contributed by atoms with Crippen molar-refractivity contribution in [1.82, 2.24) is 0 Å². The quantitative estimate of drug-likeness (QED) is 0.726. The summed E-state index contributed by atoms with van der Waals surface area (Å²) in [5.41, 5.74) is -1.70. The largest absolute Gasteiger partial charge is 0.299 e. The van der Waals surface area contributed by atoms with Crippen LogP contribution in [-0.4, -0.2) is 23.1 Å². The van der Waals surface area contributed by atoms with Gasteiger partial charge in [-0.1, -0.05) is 24.3 Å². The molecule has 1 aromatic rings. The zero-order valence-electron chi connectivity index (χ0n) is 10.9. The summed E-state index contributed by atoms with van der Waals surface area (Å²) in [5.74, 6) is -1.73. The molecule has 3 aliphatic rings. The van der Waals surface area contributed by atoms with E-state index in [2.05, 4.69) is 0 Å². The van der Waals surface area contributed by atoms with Crippen molar-refractivity contribution in [3.05, 3.63) is 35.4 Å². The van der Waals surface area contributed by atoms with Crippen molar-refractivity contribution in [3.63, 3.8) is 0 Å². The Kier molecular flexibility index (Phi) is 1.84. The highest BCUT2D eigenvalue weighted by molar-refractivity contribution is 6.33. The Morgan fingerprint density at radius 2 is 1.80 bits per heavy atom. The van der Waals surface area contributed by atoms with Gasteiger partial charge in [-0.3, -0.25) is 19.2 Å². The first-order valence-electron chi connectivity index (χ1n) is 6.72. The summed E-state index contributed by atoms with van der Waals surface area (Å²) >= 11 is 0. The molecule has 0 aromatic heterocycles. The van der Waals surface area contributed by atoms with Crippen LogP contribution in [-0.2, 0) is 9.59 Å². The summed E-state index contributed by atoms with van der Waals surface area (Å²) in [6.07, 6.45) is 0.548. The van der Waals surface area contributed by atoms with Crippen LogP contribution in [0, 0.1) is 16.7 Å². The summed E-state index contributed by atoms with van der Waals surface area (Å²) in [6.45, 7) is 1.33. The number of hydrogen-bond donors (Lipinski definition) is 0. The molecular weight excluding hydrogens is 256 g/mol. The molecule has 2 fully saturated rings. The molecule has 0 heterocycles. The van der Waals surface area contributed by atoms with Crippen LogP contribution in [0.1, 0.15) is 40.5 Å². The third-order valence-corrected chi connectivity index (χ3v) is 5.39. The monoisotopic (exact) mass is 268 g/mol. The normalized spacial score (nSPS) is 37.2. The number of carbonyl (C=O) groups is 4. The van der Waals surface area contributed by atoms with Gasteiger partial charge >= 0.3 is 0 Å². The zero-order valence-corrected chi connectivity index (χ0v) is 10.9. The van der Waals surface area contributed by atoms with Crippen LogP contribution < -0.4 is 0 Å². The predicted octanol–water partition coefficient (Wildman–Crippen LogP) is 1.62. The molecule has 3 aliphatic carbocycles. The first-order valence-corrected chi connectivity index (χ1v) is 6.72. The molecule has 1 aromatic carbocycles. The fourth-order valence-electron chi connectivity index (χ4n) is 4.64. The van der Waals surface area contributed by atoms with Crippen LogP contribution >= 0.6 is 0 Å². The molecule has 0 amide bonds. The minimum Gasteiger partial charge on any atom is -0.299 e. The fraction of sp³-hybridized carbons (Fsp3) is 0.375. The second-order valence-corrected chi connectivity index (χ2v) is 5.93. The van der Waals surface area contributed by atoms with Gasteiger partial charge in [-0.25, -0.2) is 0 Å². The van der Waals surface area contributed by atoms with Crippen LogP contribution in [0.5, 0.6) is 0 Å². The number of rotatable bonds is 1.